The molecular formula is C16H14N4O4S. The van der Waals surface area contributed by atoms with Gasteiger partial charge in [-0.15, -0.1) is 0 Å². The van der Waals surface area contributed by atoms with E-state index in [1.54, 1.807) is 6.20 Å². The summed E-state index contributed by atoms with van der Waals surface area (Å²) in [7, 11) is -4.21. The van der Waals surface area contributed by atoms with Crippen molar-refractivity contribution in [2.24, 2.45) is 5.14 Å². The van der Waals surface area contributed by atoms with E-state index in [0.29, 0.717) is 0 Å². The van der Waals surface area contributed by atoms with Gasteiger partial charge in [-0.1, -0.05) is 30.3 Å². The SMILES string of the molecule is NS(=O)(=O)c1cccc(NCc2cccc3cccnc23)c1[N+](=O)[O-]. The predicted octanol–water partition coefficient (Wildman–Crippen LogP) is 2.40. The number of nitrogens with one attached hydrogen (secondary N) is 1. The molecule has 1 heterocycles. The highest BCUT2D eigenvalue weighted by atomic mass is 32.2. The number of nitro groups is 1. The first-order chi connectivity index (χ1) is 11.9. The van der Waals surface area contributed by atoms with Gasteiger partial charge >= 0.3 is 5.69 Å². The van der Waals surface area contributed by atoms with E-state index in [9.17, 15) is 18.5 Å². The van der Waals surface area contributed by atoms with E-state index in [1.807, 2.05) is 30.3 Å². The zero-order valence-corrected chi connectivity index (χ0v) is 13.7. The molecule has 0 aliphatic heterocycles. The second kappa shape index (κ2) is 6.46. The number of nitrogens with two attached hydrogens (primary N) is 1. The Morgan fingerprint density at radius 3 is 2.56 bits per heavy atom. The summed E-state index contributed by atoms with van der Waals surface area (Å²) in [4.78, 5) is 14.4. The van der Waals surface area contributed by atoms with Crippen LogP contribution >= 0.6 is 0 Å². The molecule has 2 aromatic carbocycles. The number of primary sulfonamides is 1. The number of fused-ring (bicyclic) bond motifs is 1. The monoisotopic (exact) mass is 358 g/mol. The number of nitrogens with zero attached hydrogens (tertiary/aromatic N) is 2. The summed E-state index contributed by atoms with van der Waals surface area (Å²) in [5.74, 6) is 0. The van der Waals surface area contributed by atoms with Gasteiger partial charge in [0, 0.05) is 18.1 Å². The maximum absolute atomic E-state index is 11.6. The summed E-state index contributed by atoms with van der Waals surface area (Å²) < 4.78 is 23.2. The van der Waals surface area contributed by atoms with Crippen molar-refractivity contribution in [1.29, 1.82) is 0 Å². The van der Waals surface area contributed by atoms with Crippen molar-refractivity contribution >= 4 is 32.3 Å². The van der Waals surface area contributed by atoms with Gasteiger partial charge in [0.05, 0.1) is 10.4 Å². The summed E-state index contributed by atoms with van der Waals surface area (Å²) in [6.45, 7) is 0.239. The third-order valence-electron chi connectivity index (χ3n) is 3.67. The molecule has 0 saturated carbocycles. The molecule has 1 aromatic heterocycles. The lowest BCUT2D eigenvalue weighted by molar-refractivity contribution is -0.386. The van der Waals surface area contributed by atoms with E-state index in [2.05, 4.69) is 10.3 Å². The summed E-state index contributed by atoms with van der Waals surface area (Å²) >= 11 is 0. The number of sulfonamides is 1. The molecule has 0 unspecified atom stereocenters. The number of rotatable bonds is 5. The van der Waals surface area contributed by atoms with E-state index in [4.69, 9.17) is 5.14 Å². The fourth-order valence-corrected chi connectivity index (χ4v) is 3.31. The normalized spacial score (nSPS) is 11.4. The number of benzene rings is 2. The second-order valence-corrected chi connectivity index (χ2v) is 6.83. The summed E-state index contributed by atoms with van der Waals surface area (Å²) in [6, 6.07) is 13.3. The van der Waals surface area contributed by atoms with Crippen molar-refractivity contribution in [2.45, 2.75) is 11.4 Å². The quantitative estimate of drug-likeness (QED) is 0.532. The molecule has 0 amide bonds. The molecule has 0 saturated heterocycles. The average molecular weight is 358 g/mol. The van der Waals surface area contributed by atoms with Gasteiger partial charge in [-0.25, -0.2) is 13.6 Å². The summed E-state index contributed by atoms with van der Waals surface area (Å²) in [5, 5.41) is 20.3. The number of para-hydroxylation sites is 2. The molecule has 128 valence electrons. The molecule has 9 heteroatoms. The Hall–Kier alpha value is -3.04. The molecule has 3 aromatic rings. The Labute approximate surface area is 143 Å². The minimum absolute atomic E-state index is 0.0736. The van der Waals surface area contributed by atoms with Gasteiger partial charge in [0.25, 0.3) is 0 Å². The third-order valence-corrected chi connectivity index (χ3v) is 4.62. The minimum atomic E-state index is -4.21. The fourth-order valence-electron chi connectivity index (χ4n) is 2.58. The van der Waals surface area contributed by atoms with Gasteiger partial charge in [0.15, 0.2) is 4.90 Å². The van der Waals surface area contributed by atoms with Gasteiger partial charge in [0.1, 0.15) is 5.69 Å². The van der Waals surface area contributed by atoms with E-state index >= 15 is 0 Å². The molecule has 0 bridgehead atoms. The van der Waals surface area contributed by atoms with Crippen molar-refractivity contribution in [3.63, 3.8) is 0 Å². The van der Waals surface area contributed by atoms with Gasteiger partial charge in [-0.2, -0.15) is 0 Å². The van der Waals surface area contributed by atoms with Crippen LogP contribution in [-0.2, 0) is 16.6 Å². The zero-order valence-electron chi connectivity index (χ0n) is 12.9. The van der Waals surface area contributed by atoms with Crippen LogP contribution in [0.3, 0.4) is 0 Å². The third kappa shape index (κ3) is 3.42. The highest BCUT2D eigenvalue weighted by molar-refractivity contribution is 7.89. The van der Waals surface area contributed by atoms with Crippen LogP contribution in [0.25, 0.3) is 10.9 Å². The fraction of sp³-hybridized carbons (Fsp3) is 0.0625. The number of anilines is 1. The van der Waals surface area contributed by atoms with Crippen LogP contribution in [0.4, 0.5) is 11.4 Å². The summed E-state index contributed by atoms with van der Waals surface area (Å²) in [5.41, 5.74) is 1.10. The average Bonchev–Trinajstić information content (AvgIpc) is 2.58. The Bertz CT molecular complexity index is 1060. The molecule has 0 spiro atoms. The van der Waals surface area contributed by atoms with Crippen LogP contribution in [0.5, 0.6) is 0 Å². The highest BCUT2D eigenvalue weighted by Crippen LogP contribution is 2.31. The lowest BCUT2D eigenvalue weighted by Crippen LogP contribution is -2.15. The standard InChI is InChI=1S/C16H14N4O4S/c17-25(23,24)14-8-2-7-13(16(14)20(21)22)19-10-12-5-1-4-11-6-3-9-18-15(11)12/h1-9,19H,10H2,(H2,17,23,24). The van der Waals surface area contributed by atoms with Gasteiger partial charge < -0.3 is 5.32 Å². The van der Waals surface area contributed by atoms with Crippen molar-refractivity contribution in [2.75, 3.05) is 5.32 Å². The molecule has 8 nitrogen and oxygen atoms in total. The predicted molar refractivity (Wildman–Crippen MR) is 93.5 cm³/mol. The number of nitro benzene ring substituents is 1. The van der Waals surface area contributed by atoms with Crippen molar-refractivity contribution < 1.29 is 13.3 Å². The van der Waals surface area contributed by atoms with E-state index in [0.717, 1.165) is 22.5 Å². The number of pyridine rings is 1. The Morgan fingerprint density at radius 1 is 1.12 bits per heavy atom. The molecule has 0 fully saturated rings. The zero-order chi connectivity index (χ0) is 18.0. The number of hydrogen-bond donors (Lipinski definition) is 2. The van der Waals surface area contributed by atoms with E-state index in [1.165, 1.54) is 12.1 Å². The Morgan fingerprint density at radius 2 is 1.84 bits per heavy atom. The largest absolute Gasteiger partial charge is 0.375 e. The lowest BCUT2D eigenvalue weighted by atomic mass is 10.1. The van der Waals surface area contributed by atoms with Crippen LogP contribution in [-0.4, -0.2) is 18.3 Å². The lowest BCUT2D eigenvalue weighted by Gasteiger charge is -2.10. The van der Waals surface area contributed by atoms with Crippen LogP contribution in [0.1, 0.15) is 5.56 Å². The van der Waals surface area contributed by atoms with Crippen molar-refractivity contribution in [3.05, 3.63) is 70.4 Å². The van der Waals surface area contributed by atoms with Crippen LogP contribution in [0, 0.1) is 10.1 Å². The Balaban J connectivity index is 2.00. The topological polar surface area (TPSA) is 128 Å². The Kier molecular flexibility index (Phi) is 4.34. The van der Waals surface area contributed by atoms with Gasteiger partial charge in [-0.3, -0.25) is 15.1 Å². The molecule has 0 aliphatic carbocycles. The highest BCUT2D eigenvalue weighted by Gasteiger charge is 2.26. The number of hydrogen-bond acceptors (Lipinski definition) is 6. The van der Waals surface area contributed by atoms with Crippen molar-refractivity contribution in [3.8, 4) is 0 Å². The van der Waals surface area contributed by atoms with Gasteiger partial charge in [-0.05, 0) is 23.8 Å². The first kappa shape index (κ1) is 16.8. The van der Waals surface area contributed by atoms with Crippen molar-refractivity contribution in [1.82, 2.24) is 4.98 Å². The summed E-state index contributed by atoms with van der Waals surface area (Å²) in [6.07, 6.45) is 1.66. The van der Waals surface area contributed by atoms with Gasteiger partial charge in [0.2, 0.25) is 10.0 Å². The minimum Gasteiger partial charge on any atom is -0.375 e. The first-order valence-electron chi connectivity index (χ1n) is 7.24. The first-order valence-corrected chi connectivity index (χ1v) is 8.79. The molecule has 0 aliphatic rings. The molecule has 0 atom stereocenters. The molecule has 3 N–H and O–H groups in total. The smallest absolute Gasteiger partial charge is 0.312 e. The molecular weight excluding hydrogens is 344 g/mol. The molecule has 0 radical (unpaired) electrons. The molecule has 3 rings (SSSR count). The van der Waals surface area contributed by atoms with Crippen LogP contribution in [0.15, 0.2) is 59.6 Å². The van der Waals surface area contributed by atoms with E-state index in [-0.39, 0.29) is 12.2 Å². The number of aromatic nitrogens is 1. The molecule has 25 heavy (non-hydrogen) atoms. The van der Waals surface area contributed by atoms with Crippen LogP contribution in [0.2, 0.25) is 0 Å². The van der Waals surface area contributed by atoms with E-state index < -0.39 is 25.5 Å². The maximum atomic E-state index is 11.6. The van der Waals surface area contributed by atoms with Crippen LogP contribution < -0.4 is 10.5 Å². The maximum Gasteiger partial charge on any atom is 0.312 e. The second-order valence-electron chi connectivity index (χ2n) is 5.30.